The molecule has 0 atom stereocenters. The van der Waals surface area contributed by atoms with Crippen LogP contribution in [0.4, 0.5) is 0 Å². The molecule has 14 heavy (non-hydrogen) atoms. The number of nitrogens with one attached hydrogen (secondary N) is 1. The van der Waals surface area contributed by atoms with Gasteiger partial charge in [0.1, 0.15) is 0 Å². The topological polar surface area (TPSA) is 42.7 Å². The van der Waals surface area contributed by atoms with Crippen LogP contribution in [0.25, 0.3) is 0 Å². The summed E-state index contributed by atoms with van der Waals surface area (Å²) in [7, 11) is 0. The van der Waals surface area contributed by atoms with Gasteiger partial charge in [-0.25, -0.2) is 4.68 Å². The van der Waals surface area contributed by atoms with Gasteiger partial charge in [-0.2, -0.15) is 0 Å². The molecule has 1 aromatic heterocycles. The molecule has 1 aromatic rings. The van der Waals surface area contributed by atoms with Crippen LogP contribution in [-0.4, -0.2) is 28.1 Å². The fourth-order valence-corrected chi connectivity index (χ4v) is 2.34. The lowest BCUT2D eigenvalue weighted by molar-refractivity contribution is 0.312. The summed E-state index contributed by atoms with van der Waals surface area (Å²) in [4.78, 5) is 0. The van der Waals surface area contributed by atoms with E-state index in [-0.39, 0.29) is 0 Å². The van der Waals surface area contributed by atoms with Gasteiger partial charge in [-0.1, -0.05) is 18.1 Å². The average molecular weight is 192 g/mol. The summed E-state index contributed by atoms with van der Waals surface area (Å²) in [6.07, 6.45) is 7.50. The maximum atomic E-state index is 4.29. The molecule has 2 aliphatic rings. The lowest BCUT2D eigenvalue weighted by Crippen LogP contribution is -2.43. The molecule has 1 N–H and O–H groups in total. The first-order chi connectivity index (χ1) is 6.93. The second kappa shape index (κ2) is 3.35. The summed E-state index contributed by atoms with van der Waals surface area (Å²) < 4.78 is 2.03. The average Bonchev–Trinajstić information content (AvgIpc) is 2.65. The Bertz CT molecular complexity index is 310. The molecule has 0 bridgehead atoms. The van der Waals surface area contributed by atoms with Crippen molar-refractivity contribution in [2.45, 2.75) is 37.6 Å². The van der Waals surface area contributed by atoms with E-state index in [2.05, 4.69) is 21.8 Å². The highest BCUT2D eigenvalue weighted by atomic mass is 15.4. The van der Waals surface area contributed by atoms with Crippen molar-refractivity contribution < 1.29 is 0 Å². The molecule has 4 heteroatoms. The Morgan fingerprint density at radius 2 is 2.07 bits per heavy atom. The van der Waals surface area contributed by atoms with Gasteiger partial charge in [-0.05, 0) is 12.8 Å². The molecule has 0 unspecified atom stereocenters. The Morgan fingerprint density at radius 1 is 1.29 bits per heavy atom. The second-order valence-corrected chi connectivity index (χ2v) is 4.42. The number of nitrogens with zero attached hydrogens (tertiary/aromatic N) is 3. The Kier molecular flexibility index (Phi) is 2.01. The Labute approximate surface area is 83.7 Å². The van der Waals surface area contributed by atoms with Crippen LogP contribution in [0.5, 0.6) is 0 Å². The second-order valence-electron chi connectivity index (χ2n) is 4.42. The highest BCUT2D eigenvalue weighted by molar-refractivity contribution is 5.05. The van der Waals surface area contributed by atoms with Crippen molar-refractivity contribution in [3.8, 4) is 0 Å². The van der Waals surface area contributed by atoms with Gasteiger partial charge in [0, 0.05) is 25.2 Å². The van der Waals surface area contributed by atoms with Crippen LogP contribution in [0.3, 0.4) is 0 Å². The van der Waals surface area contributed by atoms with E-state index in [4.69, 9.17) is 0 Å². The van der Waals surface area contributed by atoms with Crippen molar-refractivity contribution in [2.24, 2.45) is 0 Å². The molecule has 1 saturated heterocycles. The summed E-state index contributed by atoms with van der Waals surface area (Å²) >= 11 is 0. The SMILES string of the molecule is c1c(C2CCCC2)nnn1C1CNC1. The zero-order chi connectivity index (χ0) is 9.38. The van der Waals surface area contributed by atoms with Gasteiger partial charge in [0.05, 0.1) is 11.7 Å². The smallest absolute Gasteiger partial charge is 0.0858 e. The fraction of sp³-hybridized carbons (Fsp3) is 0.800. The Morgan fingerprint density at radius 3 is 2.71 bits per heavy atom. The standard InChI is InChI=1S/C10H16N4/c1-2-4-8(3-1)10-7-14(13-12-10)9-5-11-6-9/h7-9,11H,1-6H2. The van der Waals surface area contributed by atoms with Gasteiger partial charge in [-0.3, -0.25) is 0 Å². The van der Waals surface area contributed by atoms with E-state index in [9.17, 15) is 0 Å². The quantitative estimate of drug-likeness (QED) is 0.762. The Balaban J connectivity index is 1.75. The molecule has 1 aliphatic carbocycles. The molecule has 0 amide bonds. The third-order valence-electron chi connectivity index (χ3n) is 3.44. The summed E-state index contributed by atoms with van der Waals surface area (Å²) in [6.45, 7) is 2.10. The fourth-order valence-electron chi connectivity index (χ4n) is 2.34. The summed E-state index contributed by atoms with van der Waals surface area (Å²) in [6, 6.07) is 0.553. The predicted molar refractivity (Wildman–Crippen MR) is 53.1 cm³/mol. The Hall–Kier alpha value is -0.900. The van der Waals surface area contributed by atoms with Gasteiger partial charge in [0.25, 0.3) is 0 Å². The first-order valence-corrected chi connectivity index (χ1v) is 5.56. The van der Waals surface area contributed by atoms with Gasteiger partial charge < -0.3 is 5.32 Å². The van der Waals surface area contributed by atoms with Crippen molar-refractivity contribution in [1.29, 1.82) is 0 Å². The molecule has 3 rings (SSSR count). The van der Waals surface area contributed by atoms with Gasteiger partial charge in [0.15, 0.2) is 0 Å². The molecule has 0 radical (unpaired) electrons. The minimum atomic E-state index is 0.553. The number of rotatable bonds is 2. The van der Waals surface area contributed by atoms with E-state index in [1.54, 1.807) is 0 Å². The van der Waals surface area contributed by atoms with Crippen molar-refractivity contribution >= 4 is 0 Å². The summed E-state index contributed by atoms with van der Waals surface area (Å²) in [5.41, 5.74) is 1.22. The normalized spacial score (nSPS) is 24.0. The predicted octanol–water partition coefficient (Wildman–Crippen LogP) is 1.08. The molecule has 2 heterocycles. The van der Waals surface area contributed by atoms with E-state index in [0.29, 0.717) is 12.0 Å². The maximum Gasteiger partial charge on any atom is 0.0858 e. The van der Waals surface area contributed by atoms with Crippen LogP contribution < -0.4 is 5.32 Å². The molecular weight excluding hydrogens is 176 g/mol. The van der Waals surface area contributed by atoms with Gasteiger partial charge >= 0.3 is 0 Å². The molecule has 1 aliphatic heterocycles. The first kappa shape index (κ1) is 8.41. The maximum absolute atomic E-state index is 4.29. The van der Waals surface area contributed by atoms with Gasteiger partial charge in [-0.15, -0.1) is 5.10 Å². The third-order valence-corrected chi connectivity index (χ3v) is 3.44. The summed E-state index contributed by atoms with van der Waals surface area (Å²) in [5, 5.41) is 11.7. The van der Waals surface area contributed by atoms with Crippen LogP contribution in [0.2, 0.25) is 0 Å². The van der Waals surface area contributed by atoms with E-state index in [1.165, 1.54) is 31.4 Å². The van der Waals surface area contributed by atoms with Crippen molar-refractivity contribution in [3.63, 3.8) is 0 Å². The highest BCUT2D eigenvalue weighted by Crippen LogP contribution is 2.32. The molecule has 0 spiro atoms. The summed E-state index contributed by atoms with van der Waals surface area (Å²) in [5.74, 6) is 0.691. The highest BCUT2D eigenvalue weighted by Gasteiger charge is 2.24. The lowest BCUT2D eigenvalue weighted by atomic mass is 10.1. The first-order valence-electron chi connectivity index (χ1n) is 5.56. The minimum Gasteiger partial charge on any atom is -0.312 e. The van der Waals surface area contributed by atoms with Crippen LogP contribution in [0.1, 0.15) is 43.3 Å². The van der Waals surface area contributed by atoms with Crippen molar-refractivity contribution in [3.05, 3.63) is 11.9 Å². The van der Waals surface area contributed by atoms with E-state index in [1.807, 2.05) is 4.68 Å². The van der Waals surface area contributed by atoms with Crippen LogP contribution in [0, 0.1) is 0 Å². The van der Waals surface area contributed by atoms with E-state index >= 15 is 0 Å². The van der Waals surface area contributed by atoms with Crippen molar-refractivity contribution in [1.82, 2.24) is 20.3 Å². The molecule has 76 valence electrons. The van der Waals surface area contributed by atoms with Crippen LogP contribution in [-0.2, 0) is 0 Å². The monoisotopic (exact) mass is 192 g/mol. The van der Waals surface area contributed by atoms with E-state index in [0.717, 1.165) is 13.1 Å². The zero-order valence-corrected chi connectivity index (χ0v) is 8.32. The van der Waals surface area contributed by atoms with Gasteiger partial charge in [0.2, 0.25) is 0 Å². The molecule has 4 nitrogen and oxygen atoms in total. The van der Waals surface area contributed by atoms with Crippen LogP contribution in [0.15, 0.2) is 6.20 Å². The van der Waals surface area contributed by atoms with Crippen molar-refractivity contribution in [2.75, 3.05) is 13.1 Å². The minimum absolute atomic E-state index is 0.553. The largest absolute Gasteiger partial charge is 0.312 e. The number of aromatic nitrogens is 3. The molecule has 1 saturated carbocycles. The molecular formula is C10H16N4. The van der Waals surface area contributed by atoms with E-state index < -0.39 is 0 Å². The number of hydrogen-bond acceptors (Lipinski definition) is 3. The third kappa shape index (κ3) is 1.34. The van der Waals surface area contributed by atoms with Crippen LogP contribution >= 0.6 is 0 Å². The molecule has 0 aromatic carbocycles. The molecule has 2 fully saturated rings. The number of hydrogen-bond donors (Lipinski definition) is 1. The lowest BCUT2D eigenvalue weighted by Gasteiger charge is -2.26. The zero-order valence-electron chi connectivity index (χ0n) is 8.32.